The number of methoxy groups -OCH3 is 1. The highest BCUT2D eigenvalue weighted by atomic mass is 16.5. The van der Waals surface area contributed by atoms with Crippen molar-refractivity contribution < 1.29 is 9.53 Å². The number of hydrogen-bond acceptors (Lipinski definition) is 3. The fourth-order valence-corrected chi connectivity index (χ4v) is 3.72. The lowest BCUT2D eigenvalue weighted by atomic mass is 9.95. The molecule has 0 unspecified atom stereocenters. The molecule has 5 nitrogen and oxygen atoms in total. The smallest absolute Gasteiger partial charge is 0.270 e. The van der Waals surface area contributed by atoms with Gasteiger partial charge in [-0.25, -0.2) is 4.68 Å². The molecule has 4 rings (SSSR count). The van der Waals surface area contributed by atoms with Gasteiger partial charge < -0.3 is 10.1 Å². The Kier molecular flexibility index (Phi) is 5.42. The molecule has 1 N–H and O–H groups in total. The highest BCUT2D eigenvalue weighted by molar-refractivity contribution is 5.94. The molecule has 0 atom stereocenters. The van der Waals surface area contributed by atoms with Crippen LogP contribution in [0.3, 0.4) is 0 Å². The second-order valence-electron chi connectivity index (χ2n) is 7.20. The van der Waals surface area contributed by atoms with Crippen molar-refractivity contribution in [2.45, 2.75) is 38.1 Å². The van der Waals surface area contributed by atoms with E-state index in [0.717, 1.165) is 35.5 Å². The molecule has 3 aromatic rings. The fourth-order valence-electron chi connectivity index (χ4n) is 3.72. The van der Waals surface area contributed by atoms with E-state index in [2.05, 4.69) is 5.32 Å². The molecule has 0 radical (unpaired) electrons. The van der Waals surface area contributed by atoms with Crippen LogP contribution in [0.5, 0.6) is 5.75 Å². The van der Waals surface area contributed by atoms with Crippen molar-refractivity contribution in [3.63, 3.8) is 0 Å². The molecule has 0 spiro atoms. The number of carbonyl (C=O) groups excluding carboxylic acids is 1. The lowest BCUT2D eigenvalue weighted by Crippen LogP contribution is -2.37. The molecule has 0 bridgehead atoms. The topological polar surface area (TPSA) is 56.1 Å². The summed E-state index contributed by atoms with van der Waals surface area (Å²) in [5.41, 5.74) is 3.14. The Bertz CT molecular complexity index is 926. The first-order chi connectivity index (χ1) is 13.7. The van der Waals surface area contributed by atoms with Gasteiger partial charge in [-0.3, -0.25) is 4.79 Å². The minimum Gasteiger partial charge on any atom is -0.497 e. The van der Waals surface area contributed by atoms with E-state index in [1.54, 1.807) is 11.8 Å². The summed E-state index contributed by atoms with van der Waals surface area (Å²) < 4.78 is 6.97. The molecular weight excluding hydrogens is 350 g/mol. The second-order valence-corrected chi connectivity index (χ2v) is 7.20. The molecule has 1 aliphatic rings. The Morgan fingerprint density at radius 2 is 1.75 bits per heavy atom. The first-order valence-electron chi connectivity index (χ1n) is 9.85. The summed E-state index contributed by atoms with van der Waals surface area (Å²) in [4.78, 5) is 13.1. The Balaban J connectivity index is 1.68. The Morgan fingerprint density at radius 1 is 1.04 bits per heavy atom. The van der Waals surface area contributed by atoms with Crippen LogP contribution in [0.1, 0.15) is 42.6 Å². The van der Waals surface area contributed by atoms with E-state index in [1.165, 1.54) is 19.3 Å². The van der Waals surface area contributed by atoms with Crippen LogP contribution in [0.4, 0.5) is 0 Å². The molecule has 2 aromatic carbocycles. The molecule has 1 amide bonds. The fraction of sp³-hybridized carbons (Fsp3) is 0.304. The molecule has 1 aliphatic carbocycles. The van der Waals surface area contributed by atoms with E-state index < -0.39 is 0 Å². The summed E-state index contributed by atoms with van der Waals surface area (Å²) in [5, 5.41) is 7.94. The first kappa shape index (κ1) is 18.3. The third kappa shape index (κ3) is 3.93. The lowest BCUT2D eigenvalue weighted by Gasteiger charge is -2.22. The quantitative estimate of drug-likeness (QED) is 0.708. The number of carbonyl (C=O) groups is 1. The average Bonchev–Trinajstić information content (AvgIpc) is 3.21. The maximum atomic E-state index is 13.1. The Morgan fingerprint density at radius 3 is 2.43 bits per heavy atom. The van der Waals surface area contributed by atoms with E-state index in [0.29, 0.717) is 5.69 Å². The van der Waals surface area contributed by atoms with Gasteiger partial charge in [-0.1, -0.05) is 37.5 Å². The van der Waals surface area contributed by atoms with Crippen molar-refractivity contribution in [1.29, 1.82) is 0 Å². The van der Waals surface area contributed by atoms with Gasteiger partial charge >= 0.3 is 0 Å². The maximum absolute atomic E-state index is 13.1. The molecule has 144 valence electrons. The molecular formula is C23H25N3O2. The number of aromatic nitrogens is 2. The van der Waals surface area contributed by atoms with Crippen molar-refractivity contribution in [3.8, 4) is 22.7 Å². The van der Waals surface area contributed by atoms with E-state index >= 15 is 0 Å². The number of hydrogen-bond donors (Lipinski definition) is 1. The van der Waals surface area contributed by atoms with Gasteiger partial charge in [0.2, 0.25) is 0 Å². The predicted molar refractivity (Wildman–Crippen MR) is 110 cm³/mol. The van der Waals surface area contributed by atoms with Gasteiger partial charge in [0.15, 0.2) is 0 Å². The SMILES string of the molecule is COc1ccc(-c2cc(C(=O)NC3CCCCC3)n(-c3ccccc3)n2)cc1. The standard InChI is InChI=1S/C23H25N3O2/c1-28-20-14-12-17(13-15-20)21-16-22(23(27)24-18-8-4-2-5-9-18)26(25-21)19-10-6-3-7-11-19/h3,6-7,10-16,18H,2,4-5,8-9H2,1H3,(H,24,27). The van der Waals surface area contributed by atoms with Gasteiger partial charge in [0.25, 0.3) is 5.91 Å². The van der Waals surface area contributed by atoms with E-state index in [4.69, 9.17) is 9.84 Å². The van der Waals surface area contributed by atoms with E-state index in [-0.39, 0.29) is 11.9 Å². The summed E-state index contributed by atoms with van der Waals surface area (Å²) in [6, 6.07) is 19.6. The van der Waals surface area contributed by atoms with Crippen LogP contribution in [-0.2, 0) is 0 Å². The zero-order valence-corrected chi connectivity index (χ0v) is 16.1. The average molecular weight is 375 g/mol. The van der Waals surface area contributed by atoms with E-state index in [9.17, 15) is 4.79 Å². The number of nitrogens with one attached hydrogen (secondary N) is 1. The second kappa shape index (κ2) is 8.30. The largest absolute Gasteiger partial charge is 0.497 e. The molecule has 5 heteroatoms. The predicted octanol–water partition coefficient (Wildman–Crippen LogP) is 4.61. The van der Waals surface area contributed by atoms with E-state index in [1.807, 2.05) is 60.7 Å². The minimum atomic E-state index is -0.0667. The third-order valence-electron chi connectivity index (χ3n) is 5.27. The van der Waals surface area contributed by atoms with Crippen molar-refractivity contribution in [3.05, 3.63) is 66.4 Å². The monoisotopic (exact) mass is 375 g/mol. The zero-order chi connectivity index (χ0) is 19.3. The molecule has 1 fully saturated rings. The first-order valence-corrected chi connectivity index (χ1v) is 9.85. The van der Waals surface area contributed by atoms with Crippen molar-refractivity contribution in [2.75, 3.05) is 7.11 Å². The van der Waals surface area contributed by atoms with Crippen LogP contribution in [-0.4, -0.2) is 28.8 Å². The molecule has 1 saturated carbocycles. The number of ether oxygens (including phenoxy) is 1. The number of rotatable bonds is 5. The summed E-state index contributed by atoms with van der Waals surface area (Å²) in [6.07, 6.45) is 5.73. The van der Waals surface area contributed by atoms with Gasteiger partial charge in [-0.2, -0.15) is 5.10 Å². The zero-order valence-electron chi connectivity index (χ0n) is 16.1. The van der Waals surface area contributed by atoms with Crippen molar-refractivity contribution in [2.24, 2.45) is 0 Å². The third-order valence-corrected chi connectivity index (χ3v) is 5.27. The normalized spacial score (nSPS) is 14.6. The van der Waals surface area contributed by atoms with Gasteiger partial charge in [0.1, 0.15) is 11.4 Å². The minimum absolute atomic E-state index is 0.0667. The molecule has 0 saturated heterocycles. The lowest BCUT2D eigenvalue weighted by molar-refractivity contribution is 0.0920. The molecule has 28 heavy (non-hydrogen) atoms. The molecule has 1 aromatic heterocycles. The number of para-hydroxylation sites is 1. The highest BCUT2D eigenvalue weighted by Gasteiger charge is 2.21. The van der Waals surface area contributed by atoms with Crippen LogP contribution in [0, 0.1) is 0 Å². The summed E-state index contributed by atoms with van der Waals surface area (Å²) >= 11 is 0. The summed E-state index contributed by atoms with van der Waals surface area (Å²) in [7, 11) is 1.65. The number of nitrogens with zero attached hydrogens (tertiary/aromatic N) is 2. The highest BCUT2D eigenvalue weighted by Crippen LogP contribution is 2.25. The van der Waals surface area contributed by atoms with Crippen molar-refractivity contribution in [1.82, 2.24) is 15.1 Å². The maximum Gasteiger partial charge on any atom is 0.270 e. The summed E-state index contributed by atoms with van der Waals surface area (Å²) in [6.45, 7) is 0. The Labute approximate surface area is 165 Å². The van der Waals surface area contributed by atoms with Crippen molar-refractivity contribution >= 4 is 5.91 Å². The molecule has 1 heterocycles. The molecule has 0 aliphatic heterocycles. The summed E-state index contributed by atoms with van der Waals surface area (Å²) in [5.74, 6) is 0.726. The van der Waals surface area contributed by atoms with Crippen LogP contribution < -0.4 is 10.1 Å². The number of benzene rings is 2. The Hall–Kier alpha value is -3.08. The van der Waals surface area contributed by atoms with Gasteiger partial charge in [0, 0.05) is 11.6 Å². The van der Waals surface area contributed by atoms with Crippen LogP contribution >= 0.6 is 0 Å². The van der Waals surface area contributed by atoms with Crippen LogP contribution in [0.15, 0.2) is 60.7 Å². The van der Waals surface area contributed by atoms with Gasteiger partial charge in [-0.15, -0.1) is 0 Å². The number of amides is 1. The van der Waals surface area contributed by atoms with Gasteiger partial charge in [0.05, 0.1) is 18.5 Å². The van der Waals surface area contributed by atoms with Crippen LogP contribution in [0.2, 0.25) is 0 Å². The van der Waals surface area contributed by atoms with Gasteiger partial charge in [-0.05, 0) is 55.3 Å². The van der Waals surface area contributed by atoms with Crippen LogP contribution in [0.25, 0.3) is 16.9 Å².